The number of halogens is 2. The zero-order valence-electron chi connectivity index (χ0n) is 19.0. The van der Waals surface area contributed by atoms with Gasteiger partial charge in [0.25, 0.3) is 0 Å². The Bertz CT molecular complexity index is 987. The Balaban J connectivity index is 2.23. The first-order valence-electron chi connectivity index (χ1n) is 11.1. The van der Waals surface area contributed by atoms with Gasteiger partial charge in [-0.15, -0.1) is 6.58 Å². The fourth-order valence-electron chi connectivity index (χ4n) is 5.06. The summed E-state index contributed by atoms with van der Waals surface area (Å²) in [7, 11) is 0. The number of Topliss-reactive ketones (excluding diaryl/α,β-unsaturated/α-hetero) is 1. The molecule has 1 amide bonds. The lowest BCUT2D eigenvalue weighted by Gasteiger charge is -2.52. The van der Waals surface area contributed by atoms with Gasteiger partial charge < -0.3 is 4.90 Å². The molecule has 5 heteroatoms. The summed E-state index contributed by atoms with van der Waals surface area (Å²) in [5, 5.41) is 1.32. The first kappa shape index (κ1) is 24.5. The average Bonchev–Trinajstić information content (AvgIpc) is 2.75. The standard InChI is InChI=1S/C27H31Cl2NO2/c1-5-14-27(4)17-24(20-8-7-9-22(29)16-20)25(19-10-12-21(28)13-11-19)30(26(27)32)23(6-2)15-18(3)31/h5,7-13,16,23-25H,1,6,14-15,17H2,2-4H3. The molecule has 0 aromatic heterocycles. The Morgan fingerprint density at radius 3 is 2.44 bits per heavy atom. The van der Waals surface area contributed by atoms with Gasteiger partial charge in [0.2, 0.25) is 5.91 Å². The highest BCUT2D eigenvalue weighted by molar-refractivity contribution is 6.30. The number of carbonyl (C=O) groups excluding carboxylic acids is 2. The predicted molar refractivity (Wildman–Crippen MR) is 132 cm³/mol. The molecule has 1 aliphatic heterocycles. The number of carbonyl (C=O) groups is 2. The monoisotopic (exact) mass is 471 g/mol. The summed E-state index contributed by atoms with van der Waals surface area (Å²) >= 11 is 12.6. The zero-order valence-corrected chi connectivity index (χ0v) is 20.5. The van der Waals surface area contributed by atoms with Crippen molar-refractivity contribution in [3.63, 3.8) is 0 Å². The maximum absolute atomic E-state index is 14.0. The van der Waals surface area contributed by atoms with Gasteiger partial charge in [0.1, 0.15) is 5.78 Å². The molecule has 4 atom stereocenters. The second kappa shape index (κ2) is 10.2. The lowest BCUT2D eigenvalue weighted by atomic mass is 9.67. The predicted octanol–water partition coefficient (Wildman–Crippen LogP) is 7.39. The van der Waals surface area contributed by atoms with Gasteiger partial charge in [0, 0.05) is 28.4 Å². The molecule has 1 saturated heterocycles. The van der Waals surface area contributed by atoms with Crippen LogP contribution in [0.2, 0.25) is 10.0 Å². The molecule has 3 nitrogen and oxygen atoms in total. The Morgan fingerprint density at radius 2 is 1.88 bits per heavy atom. The number of hydrogen-bond acceptors (Lipinski definition) is 2. The summed E-state index contributed by atoms with van der Waals surface area (Å²) in [5.41, 5.74) is 1.49. The molecule has 4 unspecified atom stereocenters. The van der Waals surface area contributed by atoms with E-state index in [9.17, 15) is 9.59 Å². The lowest BCUT2D eigenvalue weighted by Crippen LogP contribution is -2.55. The molecule has 0 saturated carbocycles. The van der Waals surface area contributed by atoms with Crippen molar-refractivity contribution >= 4 is 34.9 Å². The first-order valence-corrected chi connectivity index (χ1v) is 11.9. The van der Waals surface area contributed by atoms with Crippen LogP contribution in [-0.2, 0) is 9.59 Å². The smallest absolute Gasteiger partial charge is 0.229 e. The Morgan fingerprint density at radius 1 is 1.19 bits per heavy atom. The largest absolute Gasteiger partial charge is 0.331 e. The van der Waals surface area contributed by atoms with E-state index >= 15 is 0 Å². The number of allylic oxidation sites excluding steroid dienone is 1. The van der Waals surface area contributed by atoms with Crippen molar-refractivity contribution in [3.8, 4) is 0 Å². The van der Waals surface area contributed by atoms with E-state index in [1.165, 1.54) is 0 Å². The van der Waals surface area contributed by atoms with Crippen LogP contribution in [0.5, 0.6) is 0 Å². The normalized spacial score (nSPS) is 24.3. The molecule has 0 spiro atoms. The van der Waals surface area contributed by atoms with E-state index in [0.29, 0.717) is 35.7 Å². The molecule has 0 bridgehead atoms. The fourth-order valence-corrected chi connectivity index (χ4v) is 5.38. The lowest BCUT2D eigenvalue weighted by molar-refractivity contribution is -0.155. The van der Waals surface area contributed by atoms with Crippen molar-refractivity contribution in [3.05, 3.63) is 82.4 Å². The van der Waals surface area contributed by atoms with Gasteiger partial charge in [-0.3, -0.25) is 9.59 Å². The van der Waals surface area contributed by atoms with Crippen molar-refractivity contribution in [2.45, 2.75) is 64.5 Å². The Kier molecular flexibility index (Phi) is 7.84. The number of piperidine rings is 1. The van der Waals surface area contributed by atoms with Crippen LogP contribution >= 0.6 is 23.2 Å². The van der Waals surface area contributed by atoms with E-state index in [1.54, 1.807) is 6.92 Å². The van der Waals surface area contributed by atoms with Gasteiger partial charge in [-0.1, -0.05) is 67.4 Å². The summed E-state index contributed by atoms with van der Waals surface area (Å²) in [6.45, 7) is 9.55. The van der Waals surface area contributed by atoms with E-state index in [1.807, 2.05) is 67.3 Å². The van der Waals surface area contributed by atoms with E-state index in [2.05, 4.69) is 12.6 Å². The number of hydrogen-bond donors (Lipinski definition) is 0. The summed E-state index contributed by atoms with van der Waals surface area (Å²) in [5.74, 6) is 0.164. The third-order valence-electron chi connectivity index (χ3n) is 6.57. The van der Waals surface area contributed by atoms with Crippen LogP contribution in [0, 0.1) is 5.41 Å². The van der Waals surface area contributed by atoms with Crippen LogP contribution in [0.1, 0.15) is 69.5 Å². The molecular weight excluding hydrogens is 441 g/mol. The Hall–Kier alpha value is -2.10. The van der Waals surface area contributed by atoms with Crippen LogP contribution in [0.4, 0.5) is 0 Å². The van der Waals surface area contributed by atoms with E-state index in [-0.39, 0.29) is 29.7 Å². The third-order valence-corrected chi connectivity index (χ3v) is 7.06. The van der Waals surface area contributed by atoms with Crippen molar-refractivity contribution in [2.75, 3.05) is 0 Å². The van der Waals surface area contributed by atoms with Crippen molar-refractivity contribution in [2.24, 2.45) is 5.41 Å². The fraction of sp³-hybridized carbons (Fsp3) is 0.407. The SMILES string of the molecule is C=CCC1(C)CC(c2cccc(Cl)c2)C(c2ccc(Cl)cc2)N(C(CC)CC(C)=O)C1=O. The van der Waals surface area contributed by atoms with Crippen LogP contribution in [0.15, 0.2) is 61.2 Å². The van der Waals surface area contributed by atoms with Gasteiger partial charge in [-0.05, 0) is 61.6 Å². The average molecular weight is 472 g/mol. The maximum atomic E-state index is 14.0. The number of likely N-dealkylation sites (tertiary alicyclic amines) is 1. The number of nitrogens with zero attached hydrogens (tertiary/aromatic N) is 1. The molecule has 1 heterocycles. The van der Waals surface area contributed by atoms with Gasteiger partial charge in [0.05, 0.1) is 11.5 Å². The topological polar surface area (TPSA) is 37.4 Å². The van der Waals surface area contributed by atoms with E-state index in [0.717, 1.165) is 11.1 Å². The van der Waals surface area contributed by atoms with E-state index in [4.69, 9.17) is 23.2 Å². The summed E-state index contributed by atoms with van der Waals surface area (Å²) in [6.07, 6.45) is 4.09. The summed E-state index contributed by atoms with van der Waals surface area (Å²) in [6, 6.07) is 15.2. The second-order valence-corrected chi connectivity index (χ2v) is 9.97. The quantitative estimate of drug-likeness (QED) is 0.376. The van der Waals surface area contributed by atoms with Crippen LogP contribution in [0.3, 0.4) is 0 Å². The molecule has 170 valence electrons. The highest BCUT2D eigenvalue weighted by atomic mass is 35.5. The molecule has 0 aliphatic carbocycles. The highest BCUT2D eigenvalue weighted by Gasteiger charge is 2.50. The summed E-state index contributed by atoms with van der Waals surface area (Å²) < 4.78 is 0. The molecule has 2 aromatic carbocycles. The molecular formula is C27H31Cl2NO2. The minimum Gasteiger partial charge on any atom is -0.331 e. The molecule has 2 aromatic rings. The van der Waals surface area contributed by atoms with Crippen LogP contribution in [0.25, 0.3) is 0 Å². The Labute approximate surface area is 201 Å². The maximum Gasteiger partial charge on any atom is 0.229 e. The number of amides is 1. The van der Waals surface area contributed by atoms with Gasteiger partial charge in [-0.25, -0.2) is 0 Å². The van der Waals surface area contributed by atoms with Crippen LogP contribution < -0.4 is 0 Å². The first-order chi connectivity index (χ1) is 15.2. The molecule has 0 N–H and O–H groups in total. The van der Waals surface area contributed by atoms with Crippen molar-refractivity contribution < 1.29 is 9.59 Å². The number of ketones is 1. The summed E-state index contributed by atoms with van der Waals surface area (Å²) in [4.78, 5) is 28.1. The minimum atomic E-state index is -0.609. The van der Waals surface area contributed by atoms with Gasteiger partial charge in [-0.2, -0.15) is 0 Å². The highest BCUT2D eigenvalue weighted by Crippen LogP contribution is 2.52. The minimum absolute atomic E-state index is 0.0125. The van der Waals surface area contributed by atoms with Gasteiger partial charge >= 0.3 is 0 Å². The number of benzene rings is 2. The molecule has 1 fully saturated rings. The van der Waals surface area contributed by atoms with Gasteiger partial charge in [0.15, 0.2) is 0 Å². The van der Waals surface area contributed by atoms with Crippen LogP contribution in [-0.4, -0.2) is 22.6 Å². The van der Waals surface area contributed by atoms with Crippen molar-refractivity contribution in [1.29, 1.82) is 0 Å². The third kappa shape index (κ3) is 5.10. The molecule has 1 aliphatic rings. The molecule has 0 radical (unpaired) electrons. The second-order valence-electron chi connectivity index (χ2n) is 9.10. The van der Waals surface area contributed by atoms with E-state index < -0.39 is 5.41 Å². The van der Waals surface area contributed by atoms with Crippen molar-refractivity contribution in [1.82, 2.24) is 4.90 Å². The molecule has 32 heavy (non-hydrogen) atoms. The zero-order chi connectivity index (χ0) is 23.5. The molecule has 3 rings (SSSR count). The number of rotatable bonds is 8.